The average molecular weight is 187 g/mol. The van der Waals surface area contributed by atoms with Crippen LogP contribution in [0.5, 0.6) is 0 Å². The molecule has 0 heterocycles. The molecule has 0 saturated heterocycles. The largest absolute Gasteiger partial charge is 0.459 e. The Balaban J connectivity index is 4.14. The minimum absolute atomic E-state index is 0.308. The van der Waals surface area contributed by atoms with E-state index in [0.717, 1.165) is 0 Å². The predicted octanol–water partition coefficient (Wildman–Crippen LogP) is 0.492. The molecule has 0 saturated carbocycles. The van der Waals surface area contributed by atoms with Crippen LogP contribution in [0.1, 0.15) is 27.2 Å². The van der Waals surface area contributed by atoms with Crippen molar-refractivity contribution < 1.29 is 14.3 Å². The van der Waals surface area contributed by atoms with E-state index >= 15 is 0 Å². The summed E-state index contributed by atoms with van der Waals surface area (Å²) in [6, 6.07) is 0. The SMILES string of the molecule is CC(C)(C)OC(=O)[C@H](C=O)CCN. The van der Waals surface area contributed by atoms with Gasteiger partial charge in [-0.15, -0.1) is 0 Å². The Labute approximate surface area is 78.4 Å². The van der Waals surface area contributed by atoms with E-state index in [0.29, 0.717) is 19.3 Å². The minimum Gasteiger partial charge on any atom is -0.459 e. The van der Waals surface area contributed by atoms with Gasteiger partial charge in [-0.05, 0) is 33.7 Å². The van der Waals surface area contributed by atoms with Crippen LogP contribution in [0, 0.1) is 5.92 Å². The van der Waals surface area contributed by atoms with Crippen LogP contribution in [0.25, 0.3) is 0 Å². The number of aldehydes is 1. The molecule has 0 aromatic rings. The average Bonchev–Trinajstić information content (AvgIpc) is 1.96. The molecular weight excluding hydrogens is 170 g/mol. The number of hydrogen-bond donors (Lipinski definition) is 1. The molecule has 2 N–H and O–H groups in total. The van der Waals surface area contributed by atoms with Gasteiger partial charge in [0.25, 0.3) is 0 Å². The van der Waals surface area contributed by atoms with Crippen LogP contribution in [0.2, 0.25) is 0 Å². The van der Waals surface area contributed by atoms with Crippen LogP contribution in [-0.4, -0.2) is 24.4 Å². The molecule has 13 heavy (non-hydrogen) atoms. The molecule has 76 valence electrons. The first kappa shape index (κ1) is 12.1. The molecule has 0 aromatic heterocycles. The van der Waals surface area contributed by atoms with Crippen molar-refractivity contribution in [3.63, 3.8) is 0 Å². The van der Waals surface area contributed by atoms with Crippen molar-refractivity contribution in [3.8, 4) is 0 Å². The third kappa shape index (κ3) is 5.36. The Morgan fingerprint density at radius 3 is 2.38 bits per heavy atom. The highest BCUT2D eigenvalue weighted by molar-refractivity contribution is 5.87. The number of rotatable bonds is 4. The molecule has 4 heteroatoms. The van der Waals surface area contributed by atoms with E-state index in [9.17, 15) is 9.59 Å². The fourth-order valence-corrected chi connectivity index (χ4v) is 0.798. The molecule has 1 atom stereocenters. The predicted molar refractivity (Wildman–Crippen MR) is 49.1 cm³/mol. The van der Waals surface area contributed by atoms with Gasteiger partial charge in [0.1, 0.15) is 17.8 Å². The Hall–Kier alpha value is -0.900. The van der Waals surface area contributed by atoms with Gasteiger partial charge in [0, 0.05) is 0 Å². The lowest BCUT2D eigenvalue weighted by Gasteiger charge is -2.21. The first-order valence-corrected chi connectivity index (χ1v) is 4.29. The summed E-state index contributed by atoms with van der Waals surface area (Å²) in [5.74, 6) is -1.21. The Bertz CT molecular complexity index is 184. The van der Waals surface area contributed by atoms with Gasteiger partial charge in [-0.25, -0.2) is 0 Å². The van der Waals surface area contributed by atoms with Gasteiger partial charge < -0.3 is 15.3 Å². The van der Waals surface area contributed by atoms with Gasteiger partial charge in [0.15, 0.2) is 0 Å². The van der Waals surface area contributed by atoms with Crippen LogP contribution in [0.15, 0.2) is 0 Å². The summed E-state index contributed by atoms with van der Waals surface area (Å²) < 4.78 is 5.02. The number of esters is 1. The number of ether oxygens (including phenoxy) is 1. The van der Waals surface area contributed by atoms with Crippen LogP contribution < -0.4 is 5.73 Å². The molecule has 0 aliphatic rings. The zero-order chi connectivity index (χ0) is 10.5. The topological polar surface area (TPSA) is 69.4 Å². The van der Waals surface area contributed by atoms with Crippen molar-refractivity contribution in [2.45, 2.75) is 32.8 Å². The summed E-state index contributed by atoms with van der Waals surface area (Å²) in [6.07, 6.45) is 0.930. The van der Waals surface area contributed by atoms with Crippen molar-refractivity contribution in [1.82, 2.24) is 0 Å². The molecular formula is C9H17NO3. The minimum atomic E-state index is -0.718. The smallest absolute Gasteiger partial charge is 0.316 e. The summed E-state index contributed by atoms with van der Waals surface area (Å²) in [7, 11) is 0. The van der Waals surface area contributed by atoms with Crippen molar-refractivity contribution in [1.29, 1.82) is 0 Å². The highest BCUT2D eigenvalue weighted by Crippen LogP contribution is 2.11. The number of hydrogen-bond acceptors (Lipinski definition) is 4. The van der Waals surface area contributed by atoms with E-state index in [-0.39, 0.29) is 0 Å². The van der Waals surface area contributed by atoms with Gasteiger partial charge in [-0.1, -0.05) is 0 Å². The lowest BCUT2D eigenvalue weighted by atomic mass is 10.1. The second kappa shape index (κ2) is 4.97. The van der Waals surface area contributed by atoms with Crippen molar-refractivity contribution in [2.75, 3.05) is 6.54 Å². The van der Waals surface area contributed by atoms with Gasteiger partial charge in [0.2, 0.25) is 0 Å². The lowest BCUT2D eigenvalue weighted by molar-refractivity contribution is -0.160. The first-order chi connectivity index (χ1) is 5.90. The molecule has 0 unspecified atom stereocenters. The van der Waals surface area contributed by atoms with E-state index in [4.69, 9.17) is 10.5 Å². The van der Waals surface area contributed by atoms with Gasteiger partial charge in [-0.2, -0.15) is 0 Å². The third-order valence-electron chi connectivity index (χ3n) is 1.35. The zero-order valence-corrected chi connectivity index (χ0v) is 8.37. The van der Waals surface area contributed by atoms with Gasteiger partial charge in [-0.3, -0.25) is 4.79 Å². The Morgan fingerprint density at radius 1 is 1.54 bits per heavy atom. The van der Waals surface area contributed by atoms with Gasteiger partial charge >= 0.3 is 5.97 Å². The molecule has 0 bridgehead atoms. The van der Waals surface area contributed by atoms with Crippen LogP contribution in [0.4, 0.5) is 0 Å². The maximum absolute atomic E-state index is 11.3. The summed E-state index contributed by atoms with van der Waals surface area (Å²) in [5, 5.41) is 0. The molecule has 4 nitrogen and oxygen atoms in total. The molecule has 0 aliphatic heterocycles. The van der Waals surface area contributed by atoms with Crippen LogP contribution in [-0.2, 0) is 14.3 Å². The highest BCUT2D eigenvalue weighted by Gasteiger charge is 2.23. The lowest BCUT2D eigenvalue weighted by Crippen LogP contribution is -2.30. The van der Waals surface area contributed by atoms with Crippen molar-refractivity contribution in [3.05, 3.63) is 0 Å². The van der Waals surface area contributed by atoms with E-state index in [2.05, 4.69) is 0 Å². The van der Waals surface area contributed by atoms with E-state index in [1.807, 2.05) is 0 Å². The summed E-state index contributed by atoms with van der Waals surface area (Å²) in [6.45, 7) is 5.59. The maximum Gasteiger partial charge on any atom is 0.316 e. The fourth-order valence-electron chi connectivity index (χ4n) is 0.798. The van der Waals surface area contributed by atoms with E-state index in [1.54, 1.807) is 20.8 Å². The zero-order valence-electron chi connectivity index (χ0n) is 8.37. The maximum atomic E-state index is 11.3. The normalized spacial score (nSPS) is 13.5. The fraction of sp³-hybridized carbons (Fsp3) is 0.778. The number of carbonyl (C=O) groups excluding carboxylic acids is 2. The van der Waals surface area contributed by atoms with E-state index in [1.165, 1.54) is 0 Å². The Kier molecular flexibility index (Phi) is 4.62. The second-order valence-electron chi connectivity index (χ2n) is 3.85. The number of carbonyl (C=O) groups is 2. The molecule has 0 amide bonds. The van der Waals surface area contributed by atoms with Crippen molar-refractivity contribution >= 4 is 12.3 Å². The molecule has 0 rings (SSSR count). The van der Waals surface area contributed by atoms with Gasteiger partial charge in [0.05, 0.1) is 0 Å². The Morgan fingerprint density at radius 2 is 2.08 bits per heavy atom. The third-order valence-corrected chi connectivity index (χ3v) is 1.35. The van der Waals surface area contributed by atoms with Crippen LogP contribution in [0.3, 0.4) is 0 Å². The molecule has 0 fully saturated rings. The molecule has 0 spiro atoms. The van der Waals surface area contributed by atoms with Crippen LogP contribution >= 0.6 is 0 Å². The monoisotopic (exact) mass is 187 g/mol. The molecule has 0 aliphatic carbocycles. The standard InChI is InChI=1S/C9H17NO3/c1-9(2,3)13-8(12)7(6-11)4-5-10/h6-7H,4-5,10H2,1-3H3/t7-/m0/s1. The molecule has 0 radical (unpaired) electrons. The first-order valence-electron chi connectivity index (χ1n) is 4.29. The summed E-state index contributed by atoms with van der Waals surface area (Å²) in [5.41, 5.74) is 4.69. The summed E-state index contributed by atoms with van der Waals surface area (Å²) >= 11 is 0. The van der Waals surface area contributed by atoms with Crippen molar-refractivity contribution in [2.24, 2.45) is 11.7 Å². The van der Waals surface area contributed by atoms with E-state index < -0.39 is 17.5 Å². The second-order valence-corrected chi connectivity index (χ2v) is 3.85. The quantitative estimate of drug-likeness (QED) is 0.395. The highest BCUT2D eigenvalue weighted by atomic mass is 16.6. The summed E-state index contributed by atoms with van der Waals surface area (Å²) in [4.78, 5) is 21.7. The molecule has 0 aromatic carbocycles. The number of nitrogens with two attached hydrogens (primary N) is 1.